The van der Waals surface area contributed by atoms with E-state index in [0.29, 0.717) is 20.7 Å². The second-order valence-corrected chi connectivity index (χ2v) is 10.2. The predicted octanol–water partition coefficient (Wildman–Crippen LogP) is 5.24. The smallest absolute Gasteiger partial charge is 0.266 e. The number of para-hydroxylation sites is 1. The first kappa shape index (κ1) is 24.5. The minimum Gasteiger partial charge on any atom is -0.493 e. The quantitative estimate of drug-likeness (QED) is 0.274. The first-order chi connectivity index (χ1) is 15.2. The van der Waals surface area contributed by atoms with Crippen LogP contribution in [-0.2, 0) is 9.59 Å². The number of ether oxygens (including phenoxy) is 2. The highest BCUT2D eigenvalue weighted by Crippen LogP contribution is 2.38. The number of thioether (sulfide) groups is 1. The largest absolute Gasteiger partial charge is 0.493 e. The fraction of sp³-hybridized carbons (Fsp3) is 0.261. The molecule has 1 heterocycles. The number of rotatable bonds is 7. The van der Waals surface area contributed by atoms with Gasteiger partial charge in [-0.1, -0.05) is 42.2 Å². The molecule has 0 atom stereocenters. The highest BCUT2D eigenvalue weighted by atomic mass is 127. The number of amides is 2. The molecule has 0 saturated carbocycles. The Morgan fingerprint density at radius 3 is 2.66 bits per heavy atom. The number of hydrogen-bond donors (Lipinski definition) is 1. The summed E-state index contributed by atoms with van der Waals surface area (Å²) in [5.74, 6) is 0.585. The molecule has 168 valence electrons. The lowest BCUT2D eigenvalue weighted by atomic mass is 10.1. The number of nitrogens with one attached hydrogen (secondary N) is 1. The Kier molecular flexibility index (Phi) is 8.18. The van der Waals surface area contributed by atoms with Gasteiger partial charge in [0.05, 0.1) is 15.6 Å². The number of hydrogen-bond acceptors (Lipinski definition) is 6. The van der Waals surface area contributed by atoms with Crippen LogP contribution in [0.4, 0.5) is 5.69 Å². The molecule has 0 spiro atoms. The summed E-state index contributed by atoms with van der Waals surface area (Å²) >= 11 is 8.75. The van der Waals surface area contributed by atoms with E-state index in [2.05, 4.69) is 27.9 Å². The van der Waals surface area contributed by atoms with Crippen molar-refractivity contribution < 1.29 is 19.1 Å². The van der Waals surface area contributed by atoms with E-state index < -0.39 is 0 Å². The van der Waals surface area contributed by atoms with Gasteiger partial charge in [-0.3, -0.25) is 14.5 Å². The van der Waals surface area contributed by atoms with E-state index in [1.54, 1.807) is 17.0 Å². The standard InChI is InChI=1S/C23H23IN2O4S2/c1-13(2)26-22(28)19(32-23(26)31)11-15-9-16(24)21(18(10-15)29-4)30-12-20(27)25-17-8-6-5-7-14(17)3/h5-11,13H,12H2,1-4H3,(H,25,27)/b19-11-. The average Bonchev–Trinajstić information content (AvgIpc) is 3.01. The van der Waals surface area contributed by atoms with Gasteiger partial charge in [0, 0.05) is 11.7 Å². The lowest BCUT2D eigenvalue weighted by Crippen LogP contribution is -2.34. The molecule has 0 bridgehead atoms. The summed E-state index contributed by atoms with van der Waals surface area (Å²) in [5.41, 5.74) is 2.50. The highest BCUT2D eigenvalue weighted by Gasteiger charge is 2.33. The van der Waals surface area contributed by atoms with Gasteiger partial charge in [0.15, 0.2) is 18.1 Å². The SMILES string of the molecule is COc1cc(/C=C2\SC(=S)N(C(C)C)C2=O)cc(I)c1OCC(=O)Nc1ccccc1C. The van der Waals surface area contributed by atoms with Crippen LogP contribution < -0.4 is 14.8 Å². The third-order valence-electron chi connectivity index (χ3n) is 4.66. The number of methoxy groups -OCH3 is 1. The molecule has 2 aromatic rings. The van der Waals surface area contributed by atoms with E-state index in [-0.39, 0.29) is 24.5 Å². The summed E-state index contributed by atoms with van der Waals surface area (Å²) in [6.07, 6.45) is 1.79. The lowest BCUT2D eigenvalue weighted by molar-refractivity contribution is -0.123. The topological polar surface area (TPSA) is 67.9 Å². The third-order valence-corrected chi connectivity index (χ3v) is 6.79. The number of anilines is 1. The second kappa shape index (κ2) is 10.7. The Morgan fingerprint density at radius 1 is 1.31 bits per heavy atom. The molecule has 0 unspecified atom stereocenters. The first-order valence-corrected chi connectivity index (χ1v) is 12.1. The average molecular weight is 582 g/mol. The van der Waals surface area contributed by atoms with Crippen molar-refractivity contribution >= 4 is 74.5 Å². The fourth-order valence-electron chi connectivity index (χ4n) is 3.08. The van der Waals surface area contributed by atoms with Crippen LogP contribution >= 0.6 is 46.6 Å². The van der Waals surface area contributed by atoms with Crippen LogP contribution in [0.5, 0.6) is 11.5 Å². The van der Waals surface area contributed by atoms with Crippen LogP contribution in [0.25, 0.3) is 6.08 Å². The number of halogens is 1. The number of carbonyl (C=O) groups excluding carboxylic acids is 2. The number of nitrogens with zero attached hydrogens (tertiary/aromatic N) is 1. The molecule has 2 aromatic carbocycles. The van der Waals surface area contributed by atoms with Crippen molar-refractivity contribution in [2.24, 2.45) is 0 Å². The van der Waals surface area contributed by atoms with Crippen LogP contribution in [0.15, 0.2) is 41.3 Å². The van der Waals surface area contributed by atoms with E-state index in [9.17, 15) is 9.59 Å². The van der Waals surface area contributed by atoms with Crippen molar-refractivity contribution in [1.29, 1.82) is 0 Å². The van der Waals surface area contributed by atoms with Crippen molar-refractivity contribution in [2.75, 3.05) is 19.0 Å². The van der Waals surface area contributed by atoms with Gasteiger partial charge in [-0.2, -0.15) is 0 Å². The first-order valence-electron chi connectivity index (χ1n) is 9.84. The van der Waals surface area contributed by atoms with E-state index >= 15 is 0 Å². The summed E-state index contributed by atoms with van der Waals surface area (Å²) in [7, 11) is 1.54. The number of thiocarbonyl (C=S) groups is 1. The molecule has 3 rings (SSSR count). The zero-order valence-corrected chi connectivity index (χ0v) is 21.9. The van der Waals surface area contributed by atoms with E-state index in [0.717, 1.165) is 20.4 Å². The van der Waals surface area contributed by atoms with Gasteiger partial charge in [-0.15, -0.1) is 0 Å². The van der Waals surface area contributed by atoms with Crippen LogP contribution in [-0.4, -0.2) is 40.8 Å². The molecular formula is C23H23IN2O4S2. The Hall–Kier alpha value is -2.11. The maximum atomic E-state index is 12.7. The third kappa shape index (κ3) is 5.62. The number of benzene rings is 2. The van der Waals surface area contributed by atoms with Crippen LogP contribution in [0.2, 0.25) is 0 Å². The maximum absolute atomic E-state index is 12.7. The fourth-order valence-corrected chi connectivity index (χ4v) is 5.38. The van der Waals surface area contributed by atoms with Crippen LogP contribution in [0, 0.1) is 10.5 Å². The van der Waals surface area contributed by atoms with E-state index in [1.807, 2.05) is 51.1 Å². The van der Waals surface area contributed by atoms with Gasteiger partial charge in [-0.05, 0) is 78.8 Å². The Balaban J connectivity index is 1.76. The molecule has 0 aromatic heterocycles. The van der Waals surface area contributed by atoms with Gasteiger partial charge >= 0.3 is 0 Å². The molecular weight excluding hydrogens is 559 g/mol. The normalized spacial score (nSPS) is 14.9. The van der Waals surface area contributed by atoms with E-state index in [4.69, 9.17) is 21.7 Å². The van der Waals surface area contributed by atoms with Gasteiger partial charge < -0.3 is 14.8 Å². The molecule has 32 heavy (non-hydrogen) atoms. The minimum absolute atomic E-state index is 0.00432. The van der Waals surface area contributed by atoms with Gasteiger partial charge in [0.25, 0.3) is 11.8 Å². The maximum Gasteiger partial charge on any atom is 0.266 e. The number of aryl methyl sites for hydroxylation is 1. The molecule has 1 fully saturated rings. The van der Waals surface area contributed by atoms with Crippen molar-refractivity contribution in [3.05, 3.63) is 56.0 Å². The Bertz CT molecular complexity index is 1100. The molecule has 2 amide bonds. The predicted molar refractivity (Wildman–Crippen MR) is 141 cm³/mol. The van der Waals surface area contributed by atoms with Crippen LogP contribution in [0.3, 0.4) is 0 Å². The monoisotopic (exact) mass is 582 g/mol. The summed E-state index contributed by atoms with van der Waals surface area (Å²) in [6.45, 7) is 5.63. The molecule has 6 nitrogen and oxygen atoms in total. The Labute approximate surface area is 210 Å². The number of carbonyl (C=O) groups is 2. The van der Waals surface area contributed by atoms with Crippen molar-refractivity contribution in [2.45, 2.75) is 26.8 Å². The zero-order valence-electron chi connectivity index (χ0n) is 18.1. The van der Waals surface area contributed by atoms with Crippen molar-refractivity contribution in [3.63, 3.8) is 0 Å². The van der Waals surface area contributed by atoms with Crippen molar-refractivity contribution in [1.82, 2.24) is 4.90 Å². The molecule has 1 N–H and O–H groups in total. The zero-order chi connectivity index (χ0) is 23.4. The minimum atomic E-state index is -0.265. The van der Waals surface area contributed by atoms with Crippen molar-refractivity contribution in [3.8, 4) is 11.5 Å². The highest BCUT2D eigenvalue weighted by molar-refractivity contribution is 14.1. The summed E-state index contributed by atoms with van der Waals surface area (Å²) in [4.78, 5) is 27.2. The summed E-state index contributed by atoms with van der Waals surface area (Å²) in [5, 5.41) is 2.85. The van der Waals surface area contributed by atoms with Gasteiger partial charge in [0.2, 0.25) is 0 Å². The Morgan fingerprint density at radius 2 is 2.03 bits per heavy atom. The van der Waals surface area contributed by atoms with Crippen LogP contribution in [0.1, 0.15) is 25.0 Å². The molecule has 0 aliphatic carbocycles. The summed E-state index contributed by atoms with van der Waals surface area (Å²) in [6, 6.07) is 11.2. The second-order valence-electron chi connectivity index (χ2n) is 7.33. The van der Waals surface area contributed by atoms with Gasteiger partial charge in [0.1, 0.15) is 4.32 Å². The molecule has 9 heteroatoms. The molecule has 1 aliphatic heterocycles. The van der Waals surface area contributed by atoms with E-state index in [1.165, 1.54) is 18.9 Å². The molecule has 1 aliphatic rings. The van der Waals surface area contributed by atoms with Gasteiger partial charge in [-0.25, -0.2) is 0 Å². The molecule has 0 radical (unpaired) electrons. The summed E-state index contributed by atoms with van der Waals surface area (Å²) < 4.78 is 12.6. The molecule has 1 saturated heterocycles. The lowest BCUT2D eigenvalue weighted by Gasteiger charge is -2.18.